The highest BCUT2D eigenvalue weighted by Gasteiger charge is 2.14. The summed E-state index contributed by atoms with van der Waals surface area (Å²) in [6, 6.07) is 5.80. The van der Waals surface area contributed by atoms with E-state index in [2.05, 4.69) is 6.92 Å². The van der Waals surface area contributed by atoms with Gasteiger partial charge in [0, 0.05) is 6.61 Å². The van der Waals surface area contributed by atoms with Crippen LogP contribution in [0.15, 0.2) is 18.2 Å². The van der Waals surface area contributed by atoms with Gasteiger partial charge in [0.2, 0.25) is 0 Å². The summed E-state index contributed by atoms with van der Waals surface area (Å²) < 4.78 is 11.1. The first kappa shape index (κ1) is 14.8. The second-order valence-electron chi connectivity index (χ2n) is 4.29. The van der Waals surface area contributed by atoms with Gasteiger partial charge in [0.1, 0.15) is 0 Å². The lowest BCUT2D eigenvalue weighted by atomic mass is 9.99. The fourth-order valence-electron chi connectivity index (χ4n) is 1.78. The van der Waals surface area contributed by atoms with Crippen molar-refractivity contribution in [2.45, 2.75) is 19.8 Å². The molecule has 1 atom stereocenters. The van der Waals surface area contributed by atoms with E-state index in [9.17, 15) is 5.11 Å². The molecular weight excluding hydrogens is 230 g/mol. The van der Waals surface area contributed by atoms with Crippen LogP contribution >= 0.6 is 0 Å². The predicted octanol–water partition coefficient (Wildman–Crippen LogP) is 1.59. The van der Waals surface area contributed by atoms with Gasteiger partial charge in [-0.25, -0.2) is 0 Å². The molecule has 3 N–H and O–H groups in total. The number of aliphatic hydroxyl groups is 1. The van der Waals surface area contributed by atoms with Crippen LogP contribution in [0, 0.1) is 5.92 Å². The molecule has 0 amide bonds. The lowest BCUT2D eigenvalue weighted by molar-refractivity contribution is 0.227. The maximum atomic E-state index is 9.23. The quantitative estimate of drug-likeness (QED) is 0.738. The van der Waals surface area contributed by atoms with E-state index in [-0.39, 0.29) is 12.5 Å². The minimum atomic E-state index is 0.0566. The minimum Gasteiger partial charge on any atom is -0.493 e. The van der Waals surface area contributed by atoms with Crippen LogP contribution in [0.3, 0.4) is 0 Å². The van der Waals surface area contributed by atoms with Crippen molar-refractivity contribution in [1.29, 1.82) is 0 Å². The zero-order valence-electron chi connectivity index (χ0n) is 11.2. The van der Waals surface area contributed by atoms with E-state index in [1.54, 1.807) is 7.11 Å². The summed E-state index contributed by atoms with van der Waals surface area (Å²) in [6.45, 7) is 3.26. The molecule has 0 radical (unpaired) electrons. The first-order chi connectivity index (χ1) is 8.76. The molecule has 0 aliphatic carbocycles. The molecular formula is C14H23NO3. The Morgan fingerprint density at radius 2 is 2.17 bits per heavy atom. The molecule has 0 bridgehead atoms. The third-order valence-corrected chi connectivity index (χ3v) is 2.83. The predicted molar refractivity (Wildman–Crippen MR) is 72.1 cm³/mol. The summed E-state index contributed by atoms with van der Waals surface area (Å²) in [7, 11) is 1.63. The molecule has 0 aliphatic rings. The first-order valence-electron chi connectivity index (χ1n) is 6.36. The van der Waals surface area contributed by atoms with Gasteiger partial charge in [-0.3, -0.25) is 0 Å². The lowest BCUT2D eigenvalue weighted by Gasteiger charge is -2.17. The smallest absolute Gasteiger partial charge is 0.164 e. The van der Waals surface area contributed by atoms with Crippen LogP contribution in [-0.4, -0.2) is 32.0 Å². The molecule has 102 valence electrons. The van der Waals surface area contributed by atoms with E-state index in [0.717, 1.165) is 23.5 Å². The van der Waals surface area contributed by atoms with Gasteiger partial charge in [-0.15, -0.1) is 0 Å². The molecule has 0 saturated heterocycles. The summed E-state index contributed by atoms with van der Waals surface area (Å²) in [6.07, 6.45) is 1.64. The number of ether oxygens (including phenoxy) is 2. The summed E-state index contributed by atoms with van der Waals surface area (Å²) in [5.74, 6) is 1.56. The van der Waals surface area contributed by atoms with E-state index >= 15 is 0 Å². The van der Waals surface area contributed by atoms with Gasteiger partial charge in [0.05, 0.1) is 13.7 Å². The molecule has 0 heterocycles. The van der Waals surface area contributed by atoms with Crippen molar-refractivity contribution in [2.24, 2.45) is 11.7 Å². The van der Waals surface area contributed by atoms with Gasteiger partial charge in [0.25, 0.3) is 0 Å². The number of nitrogens with two attached hydrogens (primary N) is 1. The normalized spacial score (nSPS) is 12.2. The van der Waals surface area contributed by atoms with Crippen LogP contribution < -0.4 is 15.2 Å². The Hall–Kier alpha value is -1.26. The van der Waals surface area contributed by atoms with Crippen LogP contribution in [0.1, 0.15) is 18.9 Å². The summed E-state index contributed by atoms with van der Waals surface area (Å²) >= 11 is 0. The second kappa shape index (κ2) is 7.95. The fourth-order valence-corrected chi connectivity index (χ4v) is 1.78. The highest BCUT2D eigenvalue weighted by Crippen LogP contribution is 2.32. The number of rotatable bonds is 8. The SMILES string of the molecule is CCCOc1c(CC(CN)CO)cccc1OC. The largest absolute Gasteiger partial charge is 0.493 e. The lowest BCUT2D eigenvalue weighted by Crippen LogP contribution is -2.20. The molecule has 1 unspecified atom stereocenters. The third kappa shape index (κ3) is 3.89. The molecule has 0 aromatic heterocycles. The fraction of sp³-hybridized carbons (Fsp3) is 0.571. The van der Waals surface area contributed by atoms with E-state index < -0.39 is 0 Å². The molecule has 18 heavy (non-hydrogen) atoms. The Kier molecular flexibility index (Phi) is 6.54. The Morgan fingerprint density at radius 1 is 1.39 bits per heavy atom. The molecule has 1 rings (SSSR count). The first-order valence-corrected chi connectivity index (χ1v) is 6.36. The van der Waals surface area contributed by atoms with Crippen molar-refractivity contribution >= 4 is 0 Å². The topological polar surface area (TPSA) is 64.7 Å². The van der Waals surface area contributed by atoms with E-state index in [4.69, 9.17) is 15.2 Å². The summed E-state index contributed by atoms with van der Waals surface area (Å²) in [5.41, 5.74) is 6.65. The number of methoxy groups -OCH3 is 1. The third-order valence-electron chi connectivity index (χ3n) is 2.83. The van der Waals surface area contributed by atoms with Gasteiger partial charge >= 0.3 is 0 Å². The summed E-state index contributed by atoms with van der Waals surface area (Å²) in [4.78, 5) is 0. The van der Waals surface area contributed by atoms with E-state index in [1.165, 1.54) is 0 Å². The highest BCUT2D eigenvalue weighted by atomic mass is 16.5. The van der Waals surface area contributed by atoms with Crippen molar-refractivity contribution in [3.63, 3.8) is 0 Å². The van der Waals surface area contributed by atoms with Gasteiger partial charge in [-0.05, 0) is 36.9 Å². The molecule has 4 heteroatoms. The number of benzene rings is 1. The van der Waals surface area contributed by atoms with E-state index in [0.29, 0.717) is 19.6 Å². The van der Waals surface area contributed by atoms with Crippen LogP contribution in [0.4, 0.5) is 0 Å². The summed E-state index contributed by atoms with van der Waals surface area (Å²) in [5, 5.41) is 9.23. The molecule has 0 aliphatic heterocycles. The van der Waals surface area contributed by atoms with Gasteiger partial charge in [0.15, 0.2) is 11.5 Å². The Balaban J connectivity index is 2.93. The van der Waals surface area contributed by atoms with Crippen molar-refractivity contribution in [3.8, 4) is 11.5 Å². The molecule has 1 aromatic carbocycles. The Bertz CT molecular complexity index is 351. The second-order valence-corrected chi connectivity index (χ2v) is 4.29. The minimum absolute atomic E-state index is 0.0566. The average Bonchev–Trinajstić information content (AvgIpc) is 2.42. The van der Waals surface area contributed by atoms with Gasteiger partial charge in [-0.1, -0.05) is 19.1 Å². The van der Waals surface area contributed by atoms with Crippen molar-refractivity contribution in [3.05, 3.63) is 23.8 Å². The zero-order chi connectivity index (χ0) is 13.4. The highest BCUT2D eigenvalue weighted by molar-refractivity contribution is 5.46. The molecule has 0 saturated carbocycles. The van der Waals surface area contributed by atoms with Crippen LogP contribution in [0.2, 0.25) is 0 Å². The van der Waals surface area contributed by atoms with Crippen LogP contribution in [0.25, 0.3) is 0 Å². The molecule has 1 aromatic rings. The maximum Gasteiger partial charge on any atom is 0.164 e. The molecule has 4 nitrogen and oxygen atoms in total. The number of aliphatic hydroxyl groups excluding tert-OH is 1. The van der Waals surface area contributed by atoms with Crippen LogP contribution in [0.5, 0.6) is 11.5 Å². The number of hydrogen-bond acceptors (Lipinski definition) is 4. The number of hydrogen-bond donors (Lipinski definition) is 2. The van der Waals surface area contributed by atoms with Crippen LogP contribution in [-0.2, 0) is 6.42 Å². The van der Waals surface area contributed by atoms with Crippen molar-refractivity contribution in [1.82, 2.24) is 0 Å². The maximum absolute atomic E-state index is 9.23. The van der Waals surface area contributed by atoms with E-state index in [1.807, 2.05) is 18.2 Å². The number of para-hydroxylation sites is 1. The Labute approximate surface area is 109 Å². The average molecular weight is 253 g/mol. The Morgan fingerprint density at radius 3 is 2.72 bits per heavy atom. The monoisotopic (exact) mass is 253 g/mol. The zero-order valence-corrected chi connectivity index (χ0v) is 11.2. The van der Waals surface area contributed by atoms with Crippen molar-refractivity contribution in [2.75, 3.05) is 26.9 Å². The molecule has 0 fully saturated rings. The van der Waals surface area contributed by atoms with Crippen molar-refractivity contribution < 1.29 is 14.6 Å². The van der Waals surface area contributed by atoms with Gasteiger partial charge < -0.3 is 20.3 Å². The molecule has 0 spiro atoms. The standard InChI is InChI=1S/C14H23NO3/c1-3-7-18-14-12(8-11(9-15)10-16)5-4-6-13(14)17-2/h4-6,11,16H,3,7-10,15H2,1-2H3. The van der Waals surface area contributed by atoms with Gasteiger partial charge in [-0.2, -0.15) is 0 Å².